The predicted molar refractivity (Wildman–Crippen MR) is 71.3 cm³/mol. The summed E-state index contributed by atoms with van der Waals surface area (Å²) in [6.07, 6.45) is 1.83. The van der Waals surface area contributed by atoms with Crippen LogP contribution < -0.4 is 0 Å². The van der Waals surface area contributed by atoms with Gasteiger partial charge in [0.25, 0.3) is 5.91 Å². The summed E-state index contributed by atoms with van der Waals surface area (Å²) in [7, 11) is 0. The number of hydrogen-bond donors (Lipinski definition) is 1. The summed E-state index contributed by atoms with van der Waals surface area (Å²) < 4.78 is 0.516. The number of amides is 1. The highest BCUT2D eigenvalue weighted by Gasteiger charge is 2.31. The first-order chi connectivity index (χ1) is 7.72. The molecule has 84 valence electrons. The Bertz CT molecular complexity index is 439. The van der Waals surface area contributed by atoms with Crippen LogP contribution in [0.15, 0.2) is 22.4 Å². The lowest BCUT2D eigenvalue weighted by molar-refractivity contribution is -0.122. The molecule has 0 aromatic carbocycles. The summed E-state index contributed by atoms with van der Waals surface area (Å²) in [5.74, 6) is -0.113. The van der Waals surface area contributed by atoms with Crippen molar-refractivity contribution in [2.45, 2.75) is 0 Å². The van der Waals surface area contributed by atoms with E-state index in [1.807, 2.05) is 23.6 Å². The first-order valence-corrected chi connectivity index (χ1v) is 6.72. The second kappa shape index (κ2) is 5.09. The number of aliphatic hydroxyl groups excluding tert-OH is 1. The van der Waals surface area contributed by atoms with Crippen molar-refractivity contribution in [3.63, 3.8) is 0 Å². The first kappa shape index (κ1) is 11.8. The van der Waals surface area contributed by atoms with Crippen molar-refractivity contribution in [3.8, 4) is 0 Å². The van der Waals surface area contributed by atoms with Crippen LogP contribution in [0.2, 0.25) is 0 Å². The van der Waals surface area contributed by atoms with Crippen LogP contribution in [0.3, 0.4) is 0 Å². The third-order valence-corrected chi connectivity index (χ3v) is 4.21. The molecular formula is C10H9NO2S3. The van der Waals surface area contributed by atoms with Crippen LogP contribution >= 0.6 is 35.3 Å². The van der Waals surface area contributed by atoms with Gasteiger partial charge in [0.1, 0.15) is 4.32 Å². The van der Waals surface area contributed by atoms with Crippen molar-refractivity contribution in [2.24, 2.45) is 0 Å². The fourth-order valence-corrected chi connectivity index (χ4v) is 3.33. The van der Waals surface area contributed by atoms with Gasteiger partial charge in [0.2, 0.25) is 0 Å². The van der Waals surface area contributed by atoms with Crippen LogP contribution in [-0.4, -0.2) is 33.4 Å². The van der Waals surface area contributed by atoms with Gasteiger partial charge in [-0.3, -0.25) is 9.69 Å². The van der Waals surface area contributed by atoms with Gasteiger partial charge in [-0.2, -0.15) is 0 Å². The molecule has 16 heavy (non-hydrogen) atoms. The van der Waals surface area contributed by atoms with Gasteiger partial charge in [0.15, 0.2) is 0 Å². The lowest BCUT2D eigenvalue weighted by atomic mass is 10.4. The molecule has 0 unspecified atom stereocenters. The van der Waals surface area contributed by atoms with Crippen molar-refractivity contribution in [2.75, 3.05) is 13.2 Å². The highest BCUT2D eigenvalue weighted by Crippen LogP contribution is 2.32. The number of thiophene rings is 1. The predicted octanol–water partition coefficient (Wildman–Crippen LogP) is 1.94. The number of carbonyl (C=O) groups is 1. The Morgan fingerprint density at radius 1 is 1.56 bits per heavy atom. The first-order valence-electron chi connectivity index (χ1n) is 4.62. The average Bonchev–Trinajstić information content (AvgIpc) is 2.84. The second-order valence-electron chi connectivity index (χ2n) is 3.07. The van der Waals surface area contributed by atoms with Crippen LogP contribution in [0, 0.1) is 0 Å². The molecule has 0 aliphatic carbocycles. The lowest BCUT2D eigenvalue weighted by Gasteiger charge is -2.11. The van der Waals surface area contributed by atoms with Crippen LogP contribution in [-0.2, 0) is 4.79 Å². The van der Waals surface area contributed by atoms with E-state index in [-0.39, 0.29) is 19.1 Å². The molecule has 1 amide bonds. The number of rotatable bonds is 3. The summed E-state index contributed by atoms with van der Waals surface area (Å²) in [6, 6.07) is 3.88. The zero-order valence-electron chi connectivity index (χ0n) is 8.25. The summed E-state index contributed by atoms with van der Waals surface area (Å²) in [5.41, 5.74) is 0. The average molecular weight is 271 g/mol. The molecule has 1 aliphatic heterocycles. The molecule has 1 saturated heterocycles. The van der Waals surface area contributed by atoms with Crippen molar-refractivity contribution in [3.05, 3.63) is 27.3 Å². The van der Waals surface area contributed by atoms with Gasteiger partial charge in [0, 0.05) is 4.88 Å². The molecule has 1 aromatic rings. The quantitative estimate of drug-likeness (QED) is 0.674. The number of β-amino-alcohol motifs (C(OH)–C–C–N with tert-alkyl or cyclic N) is 1. The zero-order chi connectivity index (χ0) is 11.5. The number of carbonyl (C=O) groups excluding carboxylic acids is 1. The molecule has 0 radical (unpaired) electrons. The van der Waals surface area contributed by atoms with Gasteiger partial charge < -0.3 is 5.11 Å². The van der Waals surface area contributed by atoms with Gasteiger partial charge in [-0.25, -0.2) is 0 Å². The Balaban J connectivity index is 2.20. The molecule has 2 rings (SSSR count). The Kier molecular flexibility index (Phi) is 3.75. The third-order valence-electron chi connectivity index (χ3n) is 2.01. The molecule has 1 fully saturated rings. The van der Waals surface area contributed by atoms with E-state index in [1.54, 1.807) is 11.3 Å². The summed E-state index contributed by atoms with van der Waals surface area (Å²) in [4.78, 5) is 15.0. The minimum absolute atomic E-state index is 0.0707. The lowest BCUT2D eigenvalue weighted by Crippen LogP contribution is -2.30. The highest BCUT2D eigenvalue weighted by molar-refractivity contribution is 8.26. The normalized spacial score (nSPS) is 18.8. The van der Waals surface area contributed by atoms with Gasteiger partial charge in [-0.1, -0.05) is 30.0 Å². The monoisotopic (exact) mass is 271 g/mol. The Morgan fingerprint density at radius 3 is 3.00 bits per heavy atom. The van der Waals surface area contributed by atoms with Gasteiger partial charge in [-0.05, 0) is 17.5 Å². The van der Waals surface area contributed by atoms with Crippen molar-refractivity contribution < 1.29 is 9.90 Å². The standard InChI is InChI=1S/C10H9NO2S3/c12-4-3-11-9(13)8(16-10(11)14)6-7-2-1-5-15-7/h1-2,5-6,12H,3-4H2/b8-6-. The maximum absolute atomic E-state index is 11.9. The Morgan fingerprint density at radius 2 is 2.38 bits per heavy atom. The number of thioether (sulfide) groups is 1. The third kappa shape index (κ3) is 2.35. The number of nitrogens with zero attached hydrogens (tertiary/aromatic N) is 1. The smallest absolute Gasteiger partial charge is 0.266 e. The van der Waals surface area contributed by atoms with Gasteiger partial charge >= 0.3 is 0 Å². The molecule has 1 aromatic heterocycles. The molecule has 0 saturated carbocycles. The minimum atomic E-state index is -0.113. The van der Waals surface area contributed by atoms with Crippen LogP contribution in [0.25, 0.3) is 6.08 Å². The minimum Gasteiger partial charge on any atom is -0.395 e. The van der Waals surface area contributed by atoms with E-state index >= 15 is 0 Å². The molecular weight excluding hydrogens is 262 g/mol. The largest absolute Gasteiger partial charge is 0.395 e. The maximum Gasteiger partial charge on any atom is 0.266 e. The number of thiocarbonyl (C=S) groups is 1. The van der Waals surface area contributed by atoms with Crippen molar-refractivity contribution >= 4 is 51.6 Å². The van der Waals surface area contributed by atoms with Crippen LogP contribution in [0.5, 0.6) is 0 Å². The van der Waals surface area contributed by atoms with E-state index in [9.17, 15) is 4.79 Å². The molecule has 0 bridgehead atoms. The van der Waals surface area contributed by atoms with Gasteiger partial charge in [-0.15, -0.1) is 11.3 Å². The topological polar surface area (TPSA) is 40.5 Å². The van der Waals surface area contributed by atoms with E-state index < -0.39 is 0 Å². The summed E-state index contributed by atoms with van der Waals surface area (Å²) >= 11 is 7.93. The van der Waals surface area contributed by atoms with E-state index in [1.165, 1.54) is 16.7 Å². The highest BCUT2D eigenvalue weighted by atomic mass is 32.2. The number of aliphatic hydroxyl groups is 1. The summed E-state index contributed by atoms with van der Waals surface area (Å²) in [5, 5.41) is 10.8. The molecule has 0 spiro atoms. The van der Waals surface area contributed by atoms with E-state index in [2.05, 4.69) is 0 Å². The van der Waals surface area contributed by atoms with Crippen molar-refractivity contribution in [1.82, 2.24) is 4.90 Å². The van der Waals surface area contributed by atoms with Crippen molar-refractivity contribution in [1.29, 1.82) is 0 Å². The fraction of sp³-hybridized carbons (Fsp3) is 0.200. The maximum atomic E-state index is 11.9. The van der Waals surface area contributed by atoms with E-state index in [0.29, 0.717) is 9.23 Å². The van der Waals surface area contributed by atoms with Crippen LogP contribution in [0.4, 0.5) is 0 Å². The second-order valence-corrected chi connectivity index (χ2v) is 5.73. The molecule has 1 N–H and O–H groups in total. The summed E-state index contributed by atoms with van der Waals surface area (Å²) in [6.45, 7) is 0.200. The number of hydrogen-bond acceptors (Lipinski definition) is 5. The van der Waals surface area contributed by atoms with Crippen LogP contribution in [0.1, 0.15) is 4.88 Å². The fourth-order valence-electron chi connectivity index (χ4n) is 1.30. The molecule has 2 heterocycles. The Labute approximate surface area is 107 Å². The van der Waals surface area contributed by atoms with E-state index in [0.717, 1.165) is 4.88 Å². The van der Waals surface area contributed by atoms with Gasteiger partial charge in [0.05, 0.1) is 18.1 Å². The molecule has 1 aliphatic rings. The molecule has 6 heteroatoms. The zero-order valence-corrected chi connectivity index (χ0v) is 10.7. The van der Waals surface area contributed by atoms with E-state index in [4.69, 9.17) is 17.3 Å². The molecule has 0 atom stereocenters. The Hall–Kier alpha value is -0.690. The molecule has 3 nitrogen and oxygen atoms in total. The SMILES string of the molecule is O=C1/C(=C/c2cccs2)SC(=S)N1CCO.